The Hall–Kier alpha value is -2.37. The lowest BCUT2D eigenvalue weighted by atomic mass is 10.0. The van der Waals surface area contributed by atoms with Crippen molar-refractivity contribution in [3.8, 4) is 0 Å². The molecule has 0 aliphatic heterocycles. The van der Waals surface area contributed by atoms with Crippen LogP contribution in [0.2, 0.25) is 5.02 Å². The summed E-state index contributed by atoms with van der Waals surface area (Å²) in [5.74, 6) is 0.136. The van der Waals surface area contributed by atoms with E-state index in [-0.39, 0.29) is 5.78 Å². The van der Waals surface area contributed by atoms with Crippen LogP contribution in [-0.4, -0.2) is 58.4 Å². The summed E-state index contributed by atoms with van der Waals surface area (Å²) in [6.45, 7) is 1.89. The molecular weight excluding hydrogens is 398 g/mol. The Kier molecular flexibility index (Phi) is 9.34. The molecular formula is C24H32ClN3O2. The fourth-order valence-corrected chi connectivity index (χ4v) is 3.58. The average molecular weight is 430 g/mol. The number of ketones is 1. The van der Waals surface area contributed by atoms with Gasteiger partial charge in [-0.2, -0.15) is 0 Å². The maximum atomic E-state index is 12.6. The Labute approximate surface area is 185 Å². The molecule has 5 nitrogen and oxygen atoms in total. The zero-order chi connectivity index (χ0) is 22.1. The molecule has 30 heavy (non-hydrogen) atoms. The van der Waals surface area contributed by atoms with Crippen LogP contribution in [0.1, 0.15) is 35.2 Å². The lowest BCUT2D eigenvalue weighted by molar-refractivity contribution is -0.107. The van der Waals surface area contributed by atoms with Crippen LogP contribution in [0.25, 0.3) is 0 Å². The molecule has 0 saturated heterocycles. The minimum atomic E-state index is 0.136. The van der Waals surface area contributed by atoms with Crippen LogP contribution < -0.4 is 9.80 Å². The number of hydrogen-bond acceptors (Lipinski definition) is 4. The van der Waals surface area contributed by atoms with Crippen molar-refractivity contribution in [3.63, 3.8) is 0 Å². The van der Waals surface area contributed by atoms with E-state index in [1.54, 1.807) is 13.1 Å². The van der Waals surface area contributed by atoms with Crippen molar-refractivity contribution in [2.24, 2.45) is 0 Å². The van der Waals surface area contributed by atoms with Gasteiger partial charge in [-0.05, 0) is 62.7 Å². The summed E-state index contributed by atoms with van der Waals surface area (Å²) >= 11 is 6.21. The van der Waals surface area contributed by atoms with E-state index in [0.29, 0.717) is 12.0 Å². The van der Waals surface area contributed by atoms with Crippen molar-refractivity contribution in [1.29, 1.82) is 0 Å². The topological polar surface area (TPSA) is 43.9 Å². The van der Waals surface area contributed by atoms with E-state index in [4.69, 9.17) is 11.6 Å². The van der Waals surface area contributed by atoms with Crippen LogP contribution in [0, 0.1) is 0 Å². The van der Waals surface area contributed by atoms with E-state index in [1.807, 2.05) is 49.3 Å². The number of amides is 1. The predicted octanol–water partition coefficient (Wildman–Crippen LogP) is 4.53. The molecule has 0 bridgehead atoms. The van der Waals surface area contributed by atoms with Gasteiger partial charge in [-0.1, -0.05) is 29.8 Å². The maximum absolute atomic E-state index is 12.6. The third-order valence-corrected chi connectivity index (χ3v) is 5.60. The van der Waals surface area contributed by atoms with E-state index in [9.17, 15) is 9.59 Å². The lowest BCUT2D eigenvalue weighted by Crippen LogP contribution is -2.22. The Morgan fingerprint density at radius 2 is 1.70 bits per heavy atom. The molecule has 0 saturated carbocycles. The second kappa shape index (κ2) is 11.7. The average Bonchev–Trinajstić information content (AvgIpc) is 2.74. The monoisotopic (exact) mass is 429 g/mol. The highest BCUT2D eigenvalue weighted by Gasteiger charge is 2.13. The molecule has 162 valence electrons. The van der Waals surface area contributed by atoms with E-state index in [0.717, 1.165) is 55.2 Å². The fraction of sp³-hybridized carbons (Fsp3) is 0.417. The minimum Gasteiger partial charge on any atom is -0.376 e. The van der Waals surface area contributed by atoms with Gasteiger partial charge in [0.1, 0.15) is 0 Å². The number of carbonyl (C=O) groups excluding carboxylic acids is 2. The number of rotatable bonds is 12. The zero-order valence-corrected chi connectivity index (χ0v) is 19.2. The first-order valence-corrected chi connectivity index (χ1v) is 10.7. The number of unbranched alkanes of at least 4 members (excludes halogenated alkanes) is 1. The smallest absolute Gasteiger partial charge is 0.213 e. The van der Waals surface area contributed by atoms with Gasteiger partial charge in [0.15, 0.2) is 5.78 Å². The SMILES string of the molecule is CN(CCCCC(=O)c1ccc(N(C)C=O)c(N(C)C)c1)CCc1ccccc1Cl. The van der Waals surface area contributed by atoms with Crippen LogP contribution in [0.5, 0.6) is 0 Å². The van der Waals surface area contributed by atoms with Gasteiger partial charge in [-0.15, -0.1) is 0 Å². The molecule has 0 aliphatic rings. The first kappa shape index (κ1) is 23.9. The summed E-state index contributed by atoms with van der Waals surface area (Å²) < 4.78 is 0. The Morgan fingerprint density at radius 1 is 0.967 bits per heavy atom. The van der Waals surface area contributed by atoms with Crippen LogP contribution in [0.4, 0.5) is 11.4 Å². The van der Waals surface area contributed by atoms with E-state index in [2.05, 4.69) is 18.0 Å². The second-order valence-corrected chi connectivity index (χ2v) is 8.25. The van der Waals surface area contributed by atoms with Crippen molar-refractivity contribution >= 4 is 35.2 Å². The summed E-state index contributed by atoms with van der Waals surface area (Å²) in [6, 6.07) is 13.5. The third-order valence-electron chi connectivity index (χ3n) is 5.23. The highest BCUT2D eigenvalue weighted by molar-refractivity contribution is 6.31. The molecule has 0 spiro atoms. The first-order valence-electron chi connectivity index (χ1n) is 10.3. The number of anilines is 2. The molecule has 2 aromatic carbocycles. The summed E-state index contributed by atoms with van der Waals surface area (Å²) in [5, 5.41) is 0.818. The van der Waals surface area contributed by atoms with Crippen LogP contribution in [0.15, 0.2) is 42.5 Å². The molecule has 2 rings (SSSR count). The molecule has 0 radical (unpaired) electrons. The van der Waals surface area contributed by atoms with Crippen LogP contribution in [0.3, 0.4) is 0 Å². The van der Waals surface area contributed by atoms with Gasteiger partial charge < -0.3 is 14.7 Å². The number of benzene rings is 2. The van der Waals surface area contributed by atoms with Gasteiger partial charge in [-0.3, -0.25) is 9.59 Å². The molecule has 2 aromatic rings. The van der Waals surface area contributed by atoms with Crippen molar-refractivity contribution in [2.45, 2.75) is 25.7 Å². The standard InChI is InChI=1S/C24H32ClN3O2/c1-26(2)23-17-20(12-13-22(23)28(4)18-29)24(30)11-7-8-15-27(3)16-14-19-9-5-6-10-21(19)25/h5-6,9-10,12-13,17-18H,7-8,11,14-16H2,1-4H3. The summed E-state index contributed by atoms with van der Waals surface area (Å²) in [4.78, 5) is 29.4. The van der Waals surface area contributed by atoms with Crippen molar-refractivity contribution in [1.82, 2.24) is 4.90 Å². The van der Waals surface area contributed by atoms with Crippen molar-refractivity contribution in [2.75, 3.05) is 51.1 Å². The summed E-state index contributed by atoms with van der Waals surface area (Å²) in [6.07, 6.45) is 4.03. The summed E-state index contributed by atoms with van der Waals surface area (Å²) in [5.41, 5.74) is 3.50. The third kappa shape index (κ3) is 6.85. The van der Waals surface area contributed by atoms with Crippen molar-refractivity contribution in [3.05, 3.63) is 58.6 Å². The Balaban J connectivity index is 1.81. The van der Waals surface area contributed by atoms with E-state index >= 15 is 0 Å². The lowest BCUT2D eigenvalue weighted by Gasteiger charge is -2.22. The second-order valence-electron chi connectivity index (χ2n) is 7.84. The number of likely N-dealkylation sites (N-methyl/N-ethyl adjacent to an activating group) is 1. The number of nitrogens with zero attached hydrogens (tertiary/aromatic N) is 3. The van der Waals surface area contributed by atoms with E-state index in [1.165, 1.54) is 10.5 Å². The van der Waals surface area contributed by atoms with Crippen LogP contribution in [-0.2, 0) is 11.2 Å². The summed E-state index contributed by atoms with van der Waals surface area (Å²) in [7, 11) is 7.62. The highest BCUT2D eigenvalue weighted by Crippen LogP contribution is 2.28. The van der Waals surface area contributed by atoms with Gasteiger partial charge in [-0.25, -0.2) is 0 Å². The molecule has 0 unspecified atom stereocenters. The van der Waals surface area contributed by atoms with Gasteiger partial charge in [0.25, 0.3) is 0 Å². The molecule has 0 aromatic heterocycles. The van der Waals surface area contributed by atoms with Crippen LogP contribution >= 0.6 is 11.6 Å². The zero-order valence-electron chi connectivity index (χ0n) is 18.4. The first-order chi connectivity index (χ1) is 14.3. The molecule has 6 heteroatoms. The molecule has 0 heterocycles. The van der Waals surface area contributed by atoms with E-state index < -0.39 is 0 Å². The number of halogens is 1. The minimum absolute atomic E-state index is 0.136. The van der Waals surface area contributed by atoms with Crippen molar-refractivity contribution < 1.29 is 9.59 Å². The van der Waals surface area contributed by atoms with Gasteiger partial charge in [0.2, 0.25) is 6.41 Å². The van der Waals surface area contributed by atoms with Gasteiger partial charge in [0.05, 0.1) is 11.4 Å². The van der Waals surface area contributed by atoms with Gasteiger partial charge >= 0.3 is 0 Å². The maximum Gasteiger partial charge on any atom is 0.213 e. The Bertz CT molecular complexity index is 854. The molecule has 0 fully saturated rings. The normalized spacial score (nSPS) is 10.9. The molecule has 0 N–H and O–H groups in total. The molecule has 0 aliphatic carbocycles. The van der Waals surface area contributed by atoms with Gasteiger partial charge in [0, 0.05) is 44.7 Å². The number of hydrogen-bond donors (Lipinski definition) is 0. The fourth-order valence-electron chi connectivity index (χ4n) is 3.35. The number of carbonyl (C=O) groups is 2. The largest absolute Gasteiger partial charge is 0.376 e. The molecule has 1 amide bonds. The predicted molar refractivity (Wildman–Crippen MR) is 126 cm³/mol. The quantitative estimate of drug-likeness (QED) is 0.282. The molecule has 0 atom stereocenters. The number of Topliss-reactive ketones (excluding diaryl/α,β-unsaturated/α-hetero) is 1. The highest BCUT2D eigenvalue weighted by atomic mass is 35.5. The Morgan fingerprint density at radius 3 is 2.37 bits per heavy atom.